The topological polar surface area (TPSA) is 58.2 Å². The molecule has 1 aliphatic rings. The maximum Gasteiger partial charge on any atom is 0.211 e. The summed E-state index contributed by atoms with van der Waals surface area (Å²) in [6.07, 6.45) is 1.20. The number of thioether (sulfide) groups is 1. The van der Waals surface area contributed by atoms with Crippen molar-refractivity contribution >= 4 is 21.8 Å². The van der Waals surface area contributed by atoms with Crippen molar-refractivity contribution in [2.45, 2.75) is 19.4 Å². The van der Waals surface area contributed by atoms with Crippen LogP contribution < -0.4 is 10.0 Å². The summed E-state index contributed by atoms with van der Waals surface area (Å²) in [5.74, 6) is 2.53. The minimum absolute atomic E-state index is 0.159. The van der Waals surface area contributed by atoms with Gasteiger partial charge in [-0.05, 0) is 19.1 Å². The number of nitrogens with one attached hydrogen (secondary N) is 2. The molecular formula is C8H18N2O2S2. The lowest BCUT2D eigenvalue weighted by Gasteiger charge is -2.11. The first-order valence-electron chi connectivity index (χ1n) is 4.92. The fourth-order valence-corrected chi connectivity index (χ4v) is 3.08. The van der Waals surface area contributed by atoms with E-state index >= 15 is 0 Å². The van der Waals surface area contributed by atoms with Gasteiger partial charge in [0.25, 0.3) is 0 Å². The molecule has 1 unspecified atom stereocenters. The normalized spacial score (nSPS) is 22.8. The zero-order valence-electron chi connectivity index (χ0n) is 8.45. The van der Waals surface area contributed by atoms with Crippen molar-refractivity contribution in [3.8, 4) is 0 Å². The zero-order valence-corrected chi connectivity index (χ0v) is 10.1. The molecule has 1 rings (SSSR count). The van der Waals surface area contributed by atoms with Crippen molar-refractivity contribution in [1.29, 1.82) is 0 Å². The highest BCUT2D eigenvalue weighted by molar-refractivity contribution is 7.99. The third-order valence-corrected chi connectivity index (χ3v) is 4.76. The zero-order chi connectivity index (χ0) is 10.4. The summed E-state index contributed by atoms with van der Waals surface area (Å²) in [6, 6.07) is 0.575. The molecule has 2 N–H and O–H groups in total. The summed E-state index contributed by atoms with van der Waals surface area (Å²) in [4.78, 5) is 0. The minimum Gasteiger partial charge on any atom is -0.312 e. The Morgan fingerprint density at radius 1 is 1.43 bits per heavy atom. The van der Waals surface area contributed by atoms with E-state index in [9.17, 15) is 8.42 Å². The molecule has 84 valence electrons. The van der Waals surface area contributed by atoms with Crippen LogP contribution in [0, 0.1) is 0 Å². The van der Waals surface area contributed by atoms with Crippen molar-refractivity contribution in [3.63, 3.8) is 0 Å². The van der Waals surface area contributed by atoms with Gasteiger partial charge in [-0.3, -0.25) is 0 Å². The van der Waals surface area contributed by atoms with Crippen LogP contribution in [0.4, 0.5) is 0 Å². The molecule has 0 radical (unpaired) electrons. The Bertz CT molecular complexity index is 248. The van der Waals surface area contributed by atoms with Crippen LogP contribution in [0.15, 0.2) is 0 Å². The summed E-state index contributed by atoms with van der Waals surface area (Å²) in [5.41, 5.74) is 0. The lowest BCUT2D eigenvalue weighted by atomic mass is 10.3. The molecule has 0 bridgehead atoms. The lowest BCUT2D eigenvalue weighted by Crippen LogP contribution is -2.37. The molecule has 1 fully saturated rings. The smallest absolute Gasteiger partial charge is 0.211 e. The van der Waals surface area contributed by atoms with Crippen molar-refractivity contribution in [3.05, 3.63) is 0 Å². The lowest BCUT2D eigenvalue weighted by molar-refractivity contribution is 0.545. The first-order valence-corrected chi connectivity index (χ1v) is 7.73. The van der Waals surface area contributed by atoms with Gasteiger partial charge in [0, 0.05) is 24.9 Å². The van der Waals surface area contributed by atoms with E-state index in [1.54, 1.807) is 6.92 Å². The molecule has 6 heteroatoms. The number of sulfonamides is 1. The molecule has 0 saturated carbocycles. The van der Waals surface area contributed by atoms with Gasteiger partial charge in [-0.2, -0.15) is 11.8 Å². The largest absolute Gasteiger partial charge is 0.312 e. The van der Waals surface area contributed by atoms with Gasteiger partial charge in [-0.25, -0.2) is 13.1 Å². The quantitative estimate of drug-likeness (QED) is 0.641. The molecule has 0 aliphatic carbocycles. The van der Waals surface area contributed by atoms with Crippen molar-refractivity contribution in [1.82, 2.24) is 10.0 Å². The first-order chi connectivity index (χ1) is 6.64. The second kappa shape index (κ2) is 5.95. The van der Waals surface area contributed by atoms with E-state index in [1.807, 2.05) is 11.8 Å². The highest BCUT2D eigenvalue weighted by Crippen LogP contribution is 2.16. The standard InChI is InChI=1S/C8H18N2O2S2/c1-2-14(11,12)10-5-4-9-8-3-6-13-7-8/h8-10H,2-7H2,1H3. The molecular weight excluding hydrogens is 220 g/mol. The molecule has 0 aromatic heterocycles. The highest BCUT2D eigenvalue weighted by atomic mass is 32.2. The Morgan fingerprint density at radius 3 is 2.79 bits per heavy atom. The second-order valence-corrected chi connectivity index (χ2v) is 6.56. The van der Waals surface area contributed by atoms with Crippen LogP contribution in [-0.2, 0) is 10.0 Å². The molecule has 4 nitrogen and oxygen atoms in total. The van der Waals surface area contributed by atoms with Gasteiger partial charge < -0.3 is 5.32 Å². The van der Waals surface area contributed by atoms with Gasteiger partial charge >= 0.3 is 0 Å². The highest BCUT2D eigenvalue weighted by Gasteiger charge is 2.14. The number of rotatable bonds is 6. The van der Waals surface area contributed by atoms with Gasteiger partial charge in [0.15, 0.2) is 0 Å². The van der Waals surface area contributed by atoms with E-state index in [0.717, 1.165) is 12.3 Å². The molecule has 0 aromatic carbocycles. The summed E-state index contributed by atoms with van der Waals surface area (Å²) in [6.45, 7) is 2.87. The van der Waals surface area contributed by atoms with E-state index in [4.69, 9.17) is 0 Å². The molecule has 0 amide bonds. The molecule has 0 spiro atoms. The third-order valence-electron chi connectivity index (χ3n) is 2.19. The molecule has 0 aromatic rings. The number of hydrogen-bond donors (Lipinski definition) is 2. The fourth-order valence-electron chi connectivity index (χ4n) is 1.28. The van der Waals surface area contributed by atoms with Crippen molar-refractivity contribution in [2.75, 3.05) is 30.3 Å². The molecule has 1 atom stereocenters. The Labute approximate surface area is 90.3 Å². The molecule has 1 saturated heterocycles. The Balaban J connectivity index is 2.04. The first kappa shape index (κ1) is 12.3. The van der Waals surface area contributed by atoms with Gasteiger partial charge in [-0.15, -0.1) is 0 Å². The average molecular weight is 238 g/mol. The predicted octanol–water partition coefficient (Wildman–Crippen LogP) is 0.0208. The van der Waals surface area contributed by atoms with E-state index in [0.29, 0.717) is 12.6 Å². The van der Waals surface area contributed by atoms with Crippen LogP contribution in [0.2, 0.25) is 0 Å². The van der Waals surface area contributed by atoms with E-state index < -0.39 is 10.0 Å². The van der Waals surface area contributed by atoms with E-state index in [1.165, 1.54) is 12.2 Å². The van der Waals surface area contributed by atoms with Gasteiger partial charge in [0.1, 0.15) is 0 Å². The minimum atomic E-state index is -3.01. The summed E-state index contributed by atoms with van der Waals surface area (Å²) in [5, 5.41) is 3.33. The third kappa shape index (κ3) is 4.63. The SMILES string of the molecule is CCS(=O)(=O)NCCNC1CCSC1. The van der Waals surface area contributed by atoms with Crippen LogP contribution in [-0.4, -0.2) is 44.8 Å². The molecule has 1 aliphatic heterocycles. The van der Waals surface area contributed by atoms with Crippen LogP contribution in [0.5, 0.6) is 0 Å². The summed E-state index contributed by atoms with van der Waals surface area (Å²) in [7, 11) is -3.01. The number of hydrogen-bond acceptors (Lipinski definition) is 4. The molecule has 1 heterocycles. The van der Waals surface area contributed by atoms with Crippen LogP contribution in [0.3, 0.4) is 0 Å². The monoisotopic (exact) mass is 238 g/mol. The average Bonchev–Trinajstić information content (AvgIpc) is 2.65. The van der Waals surface area contributed by atoms with Crippen LogP contribution in [0.25, 0.3) is 0 Å². The van der Waals surface area contributed by atoms with E-state index in [2.05, 4.69) is 10.0 Å². The van der Waals surface area contributed by atoms with Crippen LogP contribution >= 0.6 is 11.8 Å². The maximum absolute atomic E-state index is 11.1. The Kier molecular flexibility index (Phi) is 5.22. The maximum atomic E-state index is 11.1. The van der Waals surface area contributed by atoms with Crippen LogP contribution in [0.1, 0.15) is 13.3 Å². The second-order valence-electron chi connectivity index (χ2n) is 3.31. The summed E-state index contributed by atoms with van der Waals surface area (Å²) < 4.78 is 24.6. The van der Waals surface area contributed by atoms with Gasteiger partial charge in [0.05, 0.1) is 5.75 Å². The predicted molar refractivity (Wildman–Crippen MR) is 61.2 cm³/mol. The molecule has 14 heavy (non-hydrogen) atoms. The van der Waals surface area contributed by atoms with Gasteiger partial charge in [0.2, 0.25) is 10.0 Å². The van der Waals surface area contributed by atoms with Crippen molar-refractivity contribution in [2.24, 2.45) is 0 Å². The summed E-state index contributed by atoms with van der Waals surface area (Å²) >= 11 is 1.95. The Morgan fingerprint density at radius 2 is 2.21 bits per heavy atom. The van der Waals surface area contributed by atoms with Gasteiger partial charge in [-0.1, -0.05) is 0 Å². The van der Waals surface area contributed by atoms with E-state index in [-0.39, 0.29) is 5.75 Å². The Hall–Kier alpha value is 0.220. The van der Waals surface area contributed by atoms with Crippen molar-refractivity contribution < 1.29 is 8.42 Å². The fraction of sp³-hybridized carbons (Fsp3) is 1.00.